The Hall–Kier alpha value is -2.64. The molecule has 2 heterocycles. The van der Waals surface area contributed by atoms with Crippen LogP contribution in [0.5, 0.6) is 0 Å². The molecule has 1 amide bonds. The Bertz CT molecular complexity index is 729. The molecule has 1 saturated heterocycles. The Morgan fingerprint density at radius 1 is 1.25 bits per heavy atom. The summed E-state index contributed by atoms with van der Waals surface area (Å²) in [5.41, 5.74) is 14.1. The summed E-state index contributed by atoms with van der Waals surface area (Å²) in [6, 6.07) is 8.80. The number of benzene rings is 1. The SMILES string of the molecule is NCc1ccc(NC(=O)c2ccnc(N3CCOCC3)c2)cc1N. The monoisotopic (exact) mass is 327 g/mol. The average molecular weight is 327 g/mol. The van der Waals surface area contributed by atoms with Gasteiger partial charge in [-0.15, -0.1) is 0 Å². The summed E-state index contributed by atoms with van der Waals surface area (Å²) in [7, 11) is 0. The van der Waals surface area contributed by atoms with Gasteiger partial charge in [0.1, 0.15) is 5.82 Å². The number of rotatable bonds is 4. The van der Waals surface area contributed by atoms with E-state index in [1.165, 1.54) is 0 Å². The van der Waals surface area contributed by atoms with E-state index in [1.807, 2.05) is 6.07 Å². The van der Waals surface area contributed by atoms with Crippen molar-refractivity contribution in [3.05, 3.63) is 47.7 Å². The number of hydrogen-bond acceptors (Lipinski definition) is 6. The number of amides is 1. The quantitative estimate of drug-likeness (QED) is 0.729. The molecule has 0 spiro atoms. The summed E-state index contributed by atoms with van der Waals surface area (Å²) in [5, 5.41) is 2.85. The van der Waals surface area contributed by atoms with Crippen LogP contribution in [0.1, 0.15) is 15.9 Å². The lowest BCUT2D eigenvalue weighted by Gasteiger charge is -2.27. The number of nitrogens with two attached hydrogens (primary N) is 2. The number of carbonyl (C=O) groups is 1. The van der Waals surface area contributed by atoms with Crippen LogP contribution in [0.3, 0.4) is 0 Å². The molecule has 1 aromatic carbocycles. The van der Waals surface area contributed by atoms with Gasteiger partial charge in [0.2, 0.25) is 0 Å². The van der Waals surface area contributed by atoms with E-state index in [9.17, 15) is 4.79 Å². The number of hydrogen-bond donors (Lipinski definition) is 3. The number of morpholine rings is 1. The normalized spacial score (nSPS) is 14.5. The highest BCUT2D eigenvalue weighted by atomic mass is 16.5. The number of aromatic nitrogens is 1. The molecule has 1 fully saturated rings. The number of nitrogens with zero attached hydrogens (tertiary/aromatic N) is 2. The van der Waals surface area contributed by atoms with E-state index >= 15 is 0 Å². The second-order valence-electron chi connectivity index (χ2n) is 5.57. The third kappa shape index (κ3) is 3.64. The molecule has 1 aliphatic rings. The number of carbonyl (C=O) groups excluding carboxylic acids is 1. The molecule has 1 aromatic heterocycles. The molecule has 0 saturated carbocycles. The highest BCUT2D eigenvalue weighted by Gasteiger charge is 2.15. The van der Waals surface area contributed by atoms with Crippen molar-refractivity contribution in [1.82, 2.24) is 4.98 Å². The molecule has 3 rings (SSSR count). The van der Waals surface area contributed by atoms with Crippen molar-refractivity contribution in [2.75, 3.05) is 42.3 Å². The van der Waals surface area contributed by atoms with Crippen molar-refractivity contribution < 1.29 is 9.53 Å². The Morgan fingerprint density at radius 3 is 2.75 bits per heavy atom. The van der Waals surface area contributed by atoms with E-state index in [1.54, 1.807) is 30.5 Å². The van der Waals surface area contributed by atoms with E-state index in [0.717, 1.165) is 24.5 Å². The Kier molecular flexibility index (Phi) is 4.93. The van der Waals surface area contributed by atoms with Crippen LogP contribution in [0.2, 0.25) is 0 Å². The highest BCUT2D eigenvalue weighted by Crippen LogP contribution is 2.19. The largest absolute Gasteiger partial charge is 0.398 e. The van der Waals surface area contributed by atoms with Gasteiger partial charge >= 0.3 is 0 Å². The molecule has 7 nitrogen and oxygen atoms in total. The number of nitrogens with one attached hydrogen (secondary N) is 1. The summed E-state index contributed by atoms with van der Waals surface area (Å²) < 4.78 is 5.34. The smallest absolute Gasteiger partial charge is 0.255 e. The fraction of sp³-hybridized carbons (Fsp3) is 0.294. The third-order valence-electron chi connectivity index (χ3n) is 3.97. The molecule has 126 valence electrons. The van der Waals surface area contributed by atoms with Crippen molar-refractivity contribution in [3.8, 4) is 0 Å². The van der Waals surface area contributed by atoms with E-state index in [2.05, 4.69) is 15.2 Å². The predicted octanol–water partition coefficient (Wildman–Crippen LogP) is 1.21. The predicted molar refractivity (Wildman–Crippen MR) is 94.0 cm³/mol. The van der Waals surface area contributed by atoms with Gasteiger partial charge in [0.15, 0.2) is 0 Å². The number of ether oxygens (including phenoxy) is 1. The maximum Gasteiger partial charge on any atom is 0.255 e. The van der Waals surface area contributed by atoms with E-state index < -0.39 is 0 Å². The van der Waals surface area contributed by atoms with Crippen LogP contribution >= 0.6 is 0 Å². The zero-order chi connectivity index (χ0) is 16.9. The Balaban J connectivity index is 1.74. The first-order chi connectivity index (χ1) is 11.7. The number of pyridine rings is 1. The summed E-state index contributed by atoms with van der Waals surface area (Å²) in [5.74, 6) is 0.579. The molecule has 0 aliphatic carbocycles. The minimum Gasteiger partial charge on any atom is -0.398 e. The van der Waals surface area contributed by atoms with Gasteiger partial charge in [-0.2, -0.15) is 0 Å². The standard InChI is InChI=1S/C17H21N5O2/c18-11-13-1-2-14(10-15(13)19)21-17(23)12-3-4-20-16(9-12)22-5-7-24-8-6-22/h1-4,9-10H,5-8,11,18-19H2,(H,21,23). The first kappa shape index (κ1) is 16.2. The van der Waals surface area contributed by atoms with Crippen molar-refractivity contribution >= 4 is 23.1 Å². The summed E-state index contributed by atoms with van der Waals surface area (Å²) >= 11 is 0. The van der Waals surface area contributed by atoms with Crippen LogP contribution in [0, 0.1) is 0 Å². The molecule has 24 heavy (non-hydrogen) atoms. The minimum atomic E-state index is -0.202. The van der Waals surface area contributed by atoms with E-state index in [0.29, 0.717) is 36.7 Å². The van der Waals surface area contributed by atoms with E-state index in [-0.39, 0.29) is 5.91 Å². The van der Waals surface area contributed by atoms with Gasteiger partial charge in [-0.1, -0.05) is 6.07 Å². The van der Waals surface area contributed by atoms with Crippen LogP contribution in [0.4, 0.5) is 17.2 Å². The molecule has 2 aromatic rings. The van der Waals surface area contributed by atoms with Crippen molar-refractivity contribution in [1.29, 1.82) is 0 Å². The average Bonchev–Trinajstić information content (AvgIpc) is 2.63. The van der Waals surface area contributed by atoms with Gasteiger partial charge in [-0.3, -0.25) is 4.79 Å². The summed E-state index contributed by atoms with van der Waals surface area (Å²) in [6.45, 7) is 3.26. The maximum atomic E-state index is 12.5. The Morgan fingerprint density at radius 2 is 2.04 bits per heavy atom. The zero-order valence-corrected chi connectivity index (χ0v) is 13.4. The number of nitrogen functional groups attached to an aromatic ring is 1. The third-order valence-corrected chi connectivity index (χ3v) is 3.97. The molecule has 0 atom stereocenters. The second kappa shape index (κ2) is 7.29. The lowest BCUT2D eigenvalue weighted by molar-refractivity contribution is 0.102. The van der Waals surface area contributed by atoms with Gasteiger partial charge in [0.25, 0.3) is 5.91 Å². The van der Waals surface area contributed by atoms with Crippen LogP contribution in [-0.2, 0) is 11.3 Å². The molecule has 0 unspecified atom stereocenters. The van der Waals surface area contributed by atoms with Gasteiger partial charge in [0.05, 0.1) is 13.2 Å². The van der Waals surface area contributed by atoms with E-state index in [4.69, 9.17) is 16.2 Å². The lowest BCUT2D eigenvalue weighted by Crippen LogP contribution is -2.36. The maximum absolute atomic E-state index is 12.5. The van der Waals surface area contributed by atoms with Crippen LogP contribution in [-0.4, -0.2) is 37.2 Å². The van der Waals surface area contributed by atoms with Gasteiger partial charge in [0, 0.05) is 42.8 Å². The summed E-state index contributed by atoms with van der Waals surface area (Å²) in [6.07, 6.45) is 1.64. The molecule has 7 heteroatoms. The second-order valence-corrected chi connectivity index (χ2v) is 5.57. The zero-order valence-electron chi connectivity index (χ0n) is 13.4. The lowest BCUT2D eigenvalue weighted by atomic mass is 10.1. The van der Waals surface area contributed by atoms with Crippen molar-refractivity contribution in [2.24, 2.45) is 5.73 Å². The molecule has 1 aliphatic heterocycles. The molecular formula is C17H21N5O2. The molecule has 0 bridgehead atoms. The topological polar surface area (TPSA) is 106 Å². The first-order valence-electron chi connectivity index (χ1n) is 7.86. The fourth-order valence-electron chi connectivity index (χ4n) is 2.59. The molecular weight excluding hydrogens is 306 g/mol. The van der Waals surface area contributed by atoms with Crippen molar-refractivity contribution in [2.45, 2.75) is 6.54 Å². The van der Waals surface area contributed by atoms with Crippen LogP contribution in [0.15, 0.2) is 36.5 Å². The van der Waals surface area contributed by atoms with Gasteiger partial charge in [-0.25, -0.2) is 4.98 Å². The summed E-state index contributed by atoms with van der Waals surface area (Å²) in [4.78, 5) is 18.9. The van der Waals surface area contributed by atoms with Crippen LogP contribution < -0.4 is 21.7 Å². The highest BCUT2D eigenvalue weighted by molar-refractivity contribution is 6.04. The fourth-order valence-corrected chi connectivity index (χ4v) is 2.59. The number of anilines is 3. The molecule has 5 N–H and O–H groups in total. The van der Waals surface area contributed by atoms with Crippen molar-refractivity contribution in [3.63, 3.8) is 0 Å². The minimum absolute atomic E-state index is 0.202. The van der Waals surface area contributed by atoms with Gasteiger partial charge in [-0.05, 0) is 29.8 Å². The Labute approximate surface area is 140 Å². The molecule has 0 radical (unpaired) electrons. The first-order valence-corrected chi connectivity index (χ1v) is 7.86. The van der Waals surface area contributed by atoms with Crippen LogP contribution in [0.25, 0.3) is 0 Å². The van der Waals surface area contributed by atoms with Gasteiger partial charge < -0.3 is 26.4 Å².